The second-order valence-corrected chi connectivity index (χ2v) is 10.0. The molecule has 1 aromatic heterocycles. The SMILES string of the molecule is Cc1ccc(C)c(S(=O)(=O)N2CCCC[C@H]2CCNC(=O)C(=O)NCCc2ccco2)c1. The minimum absolute atomic E-state index is 0.212. The third-order valence-corrected chi connectivity index (χ3v) is 7.80. The minimum atomic E-state index is -3.63. The monoisotopic (exact) mass is 461 g/mol. The van der Waals surface area contributed by atoms with Crippen molar-refractivity contribution in [2.75, 3.05) is 19.6 Å². The van der Waals surface area contributed by atoms with Crippen molar-refractivity contribution in [1.29, 1.82) is 0 Å². The average Bonchev–Trinajstić information content (AvgIpc) is 3.29. The number of benzene rings is 1. The van der Waals surface area contributed by atoms with Crippen LogP contribution in [0.25, 0.3) is 0 Å². The minimum Gasteiger partial charge on any atom is -0.469 e. The summed E-state index contributed by atoms with van der Waals surface area (Å²) in [6.07, 6.45) is 4.98. The molecule has 2 aromatic rings. The Labute approximate surface area is 189 Å². The van der Waals surface area contributed by atoms with Crippen LogP contribution in [-0.2, 0) is 26.0 Å². The van der Waals surface area contributed by atoms with Crippen molar-refractivity contribution in [3.8, 4) is 0 Å². The number of hydrogen-bond acceptors (Lipinski definition) is 5. The summed E-state index contributed by atoms with van der Waals surface area (Å²) in [4.78, 5) is 24.4. The van der Waals surface area contributed by atoms with Crippen LogP contribution in [0.4, 0.5) is 0 Å². The molecule has 2 heterocycles. The highest BCUT2D eigenvalue weighted by Crippen LogP contribution is 2.29. The van der Waals surface area contributed by atoms with Crippen LogP contribution in [0, 0.1) is 13.8 Å². The predicted octanol–water partition coefficient (Wildman–Crippen LogP) is 2.30. The molecule has 0 spiro atoms. The molecule has 0 saturated carbocycles. The van der Waals surface area contributed by atoms with Crippen LogP contribution in [0.2, 0.25) is 0 Å². The molecule has 1 fully saturated rings. The summed E-state index contributed by atoms with van der Waals surface area (Å²) in [6.45, 7) is 4.66. The van der Waals surface area contributed by atoms with Gasteiger partial charge in [0.05, 0.1) is 11.2 Å². The highest BCUT2D eigenvalue weighted by molar-refractivity contribution is 7.89. The number of nitrogens with zero attached hydrogens (tertiary/aromatic N) is 1. The van der Waals surface area contributed by atoms with Gasteiger partial charge in [-0.2, -0.15) is 4.31 Å². The third-order valence-electron chi connectivity index (χ3n) is 5.71. The molecule has 1 saturated heterocycles. The fourth-order valence-electron chi connectivity index (χ4n) is 3.96. The maximum absolute atomic E-state index is 13.4. The summed E-state index contributed by atoms with van der Waals surface area (Å²) >= 11 is 0. The summed E-state index contributed by atoms with van der Waals surface area (Å²) in [6, 6.07) is 8.79. The Balaban J connectivity index is 1.53. The van der Waals surface area contributed by atoms with Crippen molar-refractivity contribution in [2.45, 2.75) is 56.9 Å². The molecular formula is C23H31N3O5S. The quantitative estimate of drug-likeness (QED) is 0.587. The second-order valence-electron chi connectivity index (χ2n) is 8.16. The van der Waals surface area contributed by atoms with E-state index in [4.69, 9.17) is 4.42 Å². The molecule has 0 bridgehead atoms. The first-order valence-corrected chi connectivity index (χ1v) is 12.4. The van der Waals surface area contributed by atoms with E-state index in [1.54, 1.807) is 35.7 Å². The molecule has 32 heavy (non-hydrogen) atoms. The zero-order chi connectivity index (χ0) is 23.1. The van der Waals surface area contributed by atoms with Gasteiger partial charge < -0.3 is 15.1 Å². The van der Waals surface area contributed by atoms with E-state index >= 15 is 0 Å². The normalized spacial score (nSPS) is 17.1. The molecule has 0 radical (unpaired) electrons. The summed E-state index contributed by atoms with van der Waals surface area (Å²) in [5.41, 5.74) is 1.62. The van der Waals surface area contributed by atoms with Gasteiger partial charge in [-0.05, 0) is 62.4 Å². The van der Waals surface area contributed by atoms with E-state index in [-0.39, 0.29) is 12.6 Å². The Hall–Kier alpha value is -2.65. The highest BCUT2D eigenvalue weighted by Gasteiger charge is 2.34. The fourth-order valence-corrected chi connectivity index (χ4v) is 5.99. The van der Waals surface area contributed by atoms with E-state index in [9.17, 15) is 18.0 Å². The molecule has 174 valence electrons. The summed E-state index contributed by atoms with van der Waals surface area (Å²) in [5, 5.41) is 5.17. The number of furan rings is 1. The predicted molar refractivity (Wildman–Crippen MR) is 120 cm³/mol. The topological polar surface area (TPSA) is 109 Å². The van der Waals surface area contributed by atoms with Crippen molar-refractivity contribution in [3.63, 3.8) is 0 Å². The number of amides is 2. The summed E-state index contributed by atoms with van der Waals surface area (Å²) in [5.74, 6) is -0.697. The van der Waals surface area contributed by atoms with Crippen LogP contribution in [0.15, 0.2) is 45.9 Å². The van der Waals surface area contributed by atoms with Crippen LogP contribution in [0.5, 0.6) is 0 Å². The molecule has 1 aromatic carbocycles. The Bertz CT molecular complexity index is 1030. The van der Waals surface area contributed by atoms with E-state index in [1.165, 1.54) is 0 Å². The lowest BCUT2D eigenvalue weighted by Gasteiger charge is -2.35. The smallest absolute Gasteiger partial charge is 0.309 e. The summed E-state index contributed by atoms with van der Waals surface area (Å²) in [7, 11) is -3.63. The van der Waals surface area contributed by atoms with Crippen LogP contribution in [-0.4, -0.2) is 50.2 Å². The Morgan fingerprint density at radius 1 is 1.09 bits per heavy atom. The largest absolute Gasteiger partial charge is 0.469 e. The first kappa shape index (κ1) is 24.0. The van der Waals surface area contributed by atoms with Crippen LogP contribution >= 0.6 is 0 Å². The molecule has 2 N–H and O–H groups in total. The lowest BCUT2D eigenvalue weighted by atomic mass is 10.0. The number of piperidine rings is 1. The van der Waals surface area contributed by atoms with Crippen molar-refractivity contribution in [3.05, 3.63) is 53.5 Å². The zero-order valence-corrected chi connectivity index (χ0v) is 19.4. The van der Waals surface area contributed by atoms with Crippen molar-refractivity contribution in [1.82, 2.24) is 14.9 Å². The molecular weight excluding hydrogens is 430 g/mol. The van der Waals surface area contributed by atoms with E-state index in [1.807, 2.05) is 19.1 Å². The van der Waals surface area contributed by atoms with Crippen molar-refractivity contribution in [2.24, 2.45) is 0 Å². The van der Waals surface area contributed by atoms with E-state index in [0.29, 0.717) is 30.8 Å². The molecule has 0 aliphatic carbocycles. The standard InChI is InChI=1S/C23H31N3O5S/c1-17-8-9-18(2)21(16-17)32(29,30)26-14-4-3-6-19(26)10-12-24-22(27)23(28)25-13-11-20-7-5-15-31-20/h5,7-9,15-16,19H,3-4,6,10-14H2,1-2H3,(H,24,27)(H,25,28)/t19-/m0/s1. The van der Waals surface area contributed by atoms with Gasteiger partial charge in [-0.1, -0.05) is 18.6 Å². The number of carbonyl (C=O) groups excluding carboxylic acids is 2. The van der Waals surface area contributed by atoms with Gasteiger partial charge in [-0.3, -0.25) is 9.59 Å². The van der Waals surface area contributed by atoms with Gasteiger partial charge in [-0.25, -0.2) is 8.42 Å². The number of carbonyl (C=O) groups is 2. The number of hydrogen-bond donors (Lipinski definition) is 2. The molecule has 1 aliphatic heterocycles. The van der Waals surface area contributed by atoms with Gasteiger partial charge in [0.25, 0.3) is 0 Å². The fraction of sp³-hybridized carbons (Fsp3) is 0.478. The van der Waals surface area contributed by atoms with Gasteiger partial charge in [0.2, 0.25) is 10.0 Å². The number of sulfonamides is 1. The molecule has 3 rings (SSSR count). The lowest BCUT2D eigenvalue weighted by molar-refractivity contribution is -0.139. The van der Waals surface area contributed by atoms with Gasteiger partial charge in [0, 0.05) is 32.1 Å². The molecule has 1 aliphatic rings. The maximum Gasteiger partial charge on any atom is 0.309 e. The first-order valence-electron chi connectivity index (χ1n) is 11.0. The summed E-state index contributed by atoms with van der Waals surface area (Å²) < 4.78 is 33.5. The van der Waals surface area contributed by atoms with Gasteiger partial charge in [-0.15, -0.1) is 0 Å². The van der Waals surface area contributed by atoms with Crippen molar-refractivity contribution >= 4 is 21.8 Å². The zero-order valence-electron chi connectivity index (χ0n) is 18.6. The van der Waals surface area contributed by atoms with Gasteiger partial charge >= 0.3 is 11.8 Å². The maximum atomic E-state index is 13.4. The van der Waals surface area contributed by atoms with E-state index in [2.05, 4.69) is 10.6 Å². The lowest BCUT2D eigenvalue weighted by Crippen LogP contribution is -2.46. The second kappa shape index (κ2) is 10.8. The first-order chi connectivity index (χ1) is 15.3. The number of rotatable bonds is 8. The highest BCUT2D eigenvalue weighted by atomic mass is 32.2. The van der Waals surface area contributed by atoms with Crippen molar-refractivity contribution < 1.29 is 22.4 Å². The number of aryl methyl sites for hydroxylation is 2. The molecule has 8 nitrogen and oxygen atoms in total. The van der Waals surface area contributed by atoms with E-state index < -0.39 is 21.8 Å². The van der Waals surface area contributed by atoms with Crippen LogP contribution < -0.4 is 10.6 Å². The van der Waals surface area contributed by atoms with Crippen LogP contribution in [0.1, 0.15) is 42.6 Å². The molecule has 0 unspecified atom stereocenters. The van der Waals surface area contributed by atoms with Gasteiger partial charge in [0.15, 0.2) is 0 Å². The number of nitrogens with one attached hydrogen (secondary N) is 2. The van der Waals surface area contributed by atoms with E-state index in [0.717, 1.165) is 36.1 Å². The van der Waals surface area contributed by atoms with Crippen LogP contribution in [0.3, 0.4) is 0 Å². The molecule has 9 heteroatoms. The Morgan fingerprint density at radius 2 is 1.84 bits per heavy atom. The Morgan fingerprint density at radius 3 is 2.56 bits per heavy atom. The van der Waals surface area contributed by atoms with Gasteiger partial charge in [0.1, 0.15) is 5.76 Å². The average molecular weight is 462 g/mol. The third kappa shape index (κ3) is 5.98. The molecule has 2 amide bonds. The Kier molecular flexibility index (Phi) is 8.09. The molecule has 1 atom stereocenters.